The maximum absolute atomic E-state index is 12.5. The lowest BCUT2D eigenvalue weighted by molar-refractivity contribution is 0.405. The van der Waals surface area contributed by atoms with Gasteiger partial charge in [-0.15, -0.1) is 0 Å². The fourth-order valence-electron chi connectivity index (χ4n) is 1.68. The topological polar surface area (TPSA) is 0 Å². The zero-order valence-electron chi connectivity index (χ0n) is 11.6. The molecule has 0 atom stereocenters. The van der Waals surface area contributed by atoms with Crippen LogP contribution in [0, 0.1) is 5.41 Å². The van der Waals surface area contributed by atoms with Crippen LogP contribution in [0.5, 0.6) is 0 Å². The van der Waals surface area contributed by atoms with E-state index in [0.29, 0.717) is 0 Å². The zero-order valence-corrected chi connectivity index (χ0v) is 11.6. The minimum atomic E-state index is -0.405. The molecule has 0 aliphatic heterocycles. The Hall–Kier alpha value is -1.11. The van der Waals surface area contributed by atoms with Gasteiger partial charge in [0, 0.05) is 0 Å². The van der Waals surface area contributed by atoms with Gasteiger partial charge in [0.25, 0.3) is 0 Å². The van der Waals surface area contributed by atoms with Gasteiger partial charge in [-0.2, -0.15) is 0 Å². The van der Waals surface area contributed by atoms with Gasteiger partial charge in [-0.25, -0.2) is 4.39 Å². The highest BCUT2D eigenvalue weighted by Gasteiger charge is 2.11. The van der Waals surface area contributed by atoms with Crippen LogP contribution in [0.25, 0.3) is 0 Å². The molecule has 0 aliphatic rings. The van der Waals surface area contributed by atoms with Crippen molar-refractivity contribution in [1.82, 2.24) is 0 Å². The Morgan fingerprint density at radius 3 is 2.12 bits per heavy atom. The Balaban J connectivity index is 4.18. The Morgan fingerprint density at radius 2 is 1.71 bits per heavy atom. The summed E-state index contributed by atoms with van der Waals surface area (Å²) in [4.78, 5) is 0. The van der Waals surface area contributed by atoms with E-state index in [0.717, 1.165) is 24.8 Å². The molecule has 0 radical (unpaired) electrons. The lowest BCUT2D eigenvalue weighted by atomic mass is 9.86. The van der Waals surface area contributed by atoms with E-state index in [9.17, 15) is 4.39 Å². The van der Waals surface area contributed by atoms with Crippen LogP contribution in [0.1, 0.15) is 47.0 Å². The molecule has 0 bridgehead atoms. The number of halogens is 1. The standard InChI is InChI=1S/C16H25F/c1-7-15(11-9-14(3)17)10-8-13(2)12-16(4,5)6/h7,9,11H,2-3,8,10,12H2,1,4-6H3/b11-9-,15-7-. The third-order valence-corrected chi connectivity index (χ3v) is 2.40. The highest BCUT2D eigenvalue weighted by atomic mass is 19.1. The molecule has 0 aromatic heterocycles. The van der Waals surface area contributed by atoms with E-state index in [2.05, 4.69) is 33.9 Å². The molecular weight excluding hydrogens is 211 g/mol. The Labute approximate surface area is 106 Å². The van der Waals surface area contributed by atoms with Gasteiger partial charge in [0.1, 0.15) is 5.83 Å². The van der Waals surface area contributed by atoms with Crippen LogP contribution in [-0.2, 0) is 0 Å². The third kappa shape index (κ3) is 9.80. The first-order valence-corrected chi connectivity index (χ1v) is 6.09. The minimum absolute atomic E-state index is 0.288. The summed E-state index contributed by atoms with van der Waals surface area (Å²) in [5, 5.41) is 0. The molecular formula is C16H25F. The molecule has 0 nitrogen and oxygen atoms in total. The average molecular weight is 236 g/mol. The third-order valence-electron chi connectivity index (χ3n) is 2.40. The van der Waals surface area contributed by atoms with Crippen LogP contribution < -0.4 is 0 Å². The van der Waals surface area contributed by atoms with Gasteiger partial charge in [0.15, 0.2) is 0 Å². The fourth-order valence-corrected chi connectivity index (χ4v) is 1.68. The van der Waals surface area contributed by atoms with Gasteiger partial charge in [-0.3, -0.25) is 0 Å². The summed E-state index contributed by atoms with van der Waals surface area (Å²) in [5.74, 6) is -0.405. The summed E-state index contributed by atoms with van der Waals surface area (Å²) in [7, 11) is 0. The minimum Gasteiger partial charge on any atom is -0.208 e. The van der Waals surface area contributed by atoms with Crippen LogP contribution >= 0.6 is 0 Å². The number of hydrogen-bond acceptors (Lipinski definition) is 0. The molecule has 0 heterocycles. The predicted octanol–water partition coefficient (Wildman–Crippen LogP) is 5.74. The van der Waals surface area contributed by atoms with Gasteiger partial charge < -0.3 is 0 Å². The molecule has 0 N–H and O–H groups in total. The van der Waals surface area contributed by atoms with E-state index in [1.807, 2.05) is 13.0 Å². The van der Waals surface area contributed by atoms with E-state index < -0.39 is 5.83 Å². The normalized spacial score (nSPS) is 13.1. The average Bonchev–Trinajstić information content (AvgIpc) is 2.14. The molecule has 0 unspecified atom stereocenters. The van der Waals surface area contributed by atoms with Gasteiger partial charge in [-0.05, 0) is 37.7 Å². The van der Waals surface area contributed by atoms with Crippen molar-refractivity contribution < 1.29 is 4.39 Å². The predicted molar refractivity (Wildman–Crippen MR) is 75.6 cm³/mol. The lowest BCUT2D eigenvalue weighted by Crippen LogP contribution is -2.05. The molecule has 0 aromatic carbocycles. The Bertz CT molecular complexity index is 324. The van der Waals surface area contributed by atoms with Crippen molar-refractivity contribution in [2.75, 3.05) is 0 Å². The van der Waals surface area contributed by atoms with E-state index >= 15 is 0 Å². The van der Waals surface area contributed by atoms with Crippen LogP contribution in [0.3, 0.4) is 0 Å². The molecule has 0 spiro atoms. The van der Waals surface area contributed by atoms with Gasteiger partial charge in [0.05, 0.1) is 0 Å². The maximum atomic E-state index is 12.5. The van der Waals surface area contributed by atoms with Crippen molar-refractivity contribution in [3.05, 3.63) is 48.4 Å². The quantitative estimate of drug-likeness (QED) is 0.407. The van der Waals surface area contributed by atoms with Crippen molar-refractivity contribution in [2.45, 2.75) is 47.0 Å². The van der Waals surface area contributed by atoms with Gasteiger partial charge in [0.2, 0.25) is 0 Å². The van der Waals surface area contributed by atoms with Crippen molar-refractivity contribution >= 4 is 0 Å². The van der Waals surface area contributed by atoms with Gasteiger partial charge in [-0.1, -0.05) is 57.2 Å². The molecule has 17 heavy (non-hydrogen) atoms. The molecule has 0 saturated carbocycles. The first-order valence-electron chi connectivity index (χ1n) is 6.09. The maximum Gasteiger partial charge on any atom is 0.116 e. The molecule has 0 aliphatic carbocycles. The number of hydrogen-bond donors (Lipinski definition) is 0. The second-order valence-corrected chi connectivity index (χ2v) is 5.63. The largest absolute Gasteiger partial charge is 0.208 e. The number of allylic oxidation sites excluding steroid dienone is 6. The first-order chi connectivity index (χ1) is 7.74. The second kappa shape index (κ2) is 7.26. The summed E-state index contributed by atoms with van der Waals surface area (Å²) in [5.41, 5.74) is 2.67. The van der Waals surface area contributed by atoms with E-state index in [4.69, 9.17) is 0 Å². The highest BCUT2D eigenvalue weighted by Crippen LogP contribution is 2.26. The summed E-state index contributed by atoms with van der Waals surface area (Å²) in [6.45, 7) is 15.9. The van der Waals surface area contributed by atoms with Crippen LogP contribution in [0.15, 0.2) is 48.4 Å². The van der Waals surface area contributed by atoms with Crippen LogP contribution in [-0.4, -0.2) is 0 Å². The molecule has 0 saturated heterocycles. The summed E-state index contributed by atoms with van der Waals surface area (Å²) < 4.78 is 12.5. The van der Waals surface area contributed by atoms with Crippen LogP contribution in [0.2, 0.25) is 0 Å². The molecule has 1 heteroatoms. The molecule has 96 valence electrons. The summed E-state index contributed by atoms with van der Waals surface area (Å²) >= 11 is 0. The first kappa shape index (κ1) is 15.9. The fraction of sp³-hybridized carbons (Fsp3) is 0.500. The van der Waals surface area contributed by atoms with Gasteiger partial charge >= 0.3 is 0 Å². The molecule has 0 rings (SSSR count). The van der Waals surface area contributed by atoms with Crippen molar-refractivity contribution in [2.24, 2.45) is 5.41 Å². The molecule has 0 amide bonds. The van der Waals surface area contributed by atoms with E-state index in [1.165, 1.54) is 11.6 Å². The Kier molecular flexibility index (Phi) is 6.79. The van der Waals surface area contributed by atoms with Crippen molar-refractivity contribution in [3.63, 3.8) is 0 Å². The molecule has 0 aromatic rings. The van der Waals surface area contributed by atoms with Crippen molar-refractivity contribution in [3.8, 4) is 0 Å². The lowest BCUT2D eigenvalue weighted by Gasteiger charge is -2.19. The van der Waals surface area contributed by atoms with Crippen molar-refractivity contribution in [1.29, 1.82) is 0 Å². The SMILES string of the molecule is C=C(F)/C=C\C(=C/C)CCC(=C)CC(C)(C)C. The summed E-state index contributed by atoms with van der Waals surface area (Å²) in [6.07, 6.45) is 8.09. The smallest absolute Gasteiger partial charge is 0.116 e. The second-order valence-electron chi connectivity index (χ2n) is 5.63. The highest BCUT2D eigenvalue weighted by molar-refractivity contribution is 5.24. The number of rotatable bonds is 6. The summed E-state index contributed by atoms with van der Waals surface area (Å²) in [6, 6.07) is 0. The monoisotopic (exact) mass is 236 g/mol. The van der Waals surface area contributed by atoms with Crippen LogP contribution in [0.4, 0.5) is 4.39 Å². The Morgan fingerprint density at radius 1 is 1.12 bits per heavy atom. The van der Waals surface area contributed by atoms with E-state index in [1.54, 1.807) is 6.08 Å². The zero-order chi connectivity index (χ0) is 13.5. The van der Waals surface area contributed by atoms with E-state index in [-0.39, 0.29) is 5.41 Å². The molecule has 0 fully saturated rings.